The summed E-state index contributed by atoms with van der Waals surface area (Å²) in [5.74, 6) is -0.0142. The summed E-state index contributed by atoms with van der Waals surface area (Å²) in [5, 5.41) is 0. The van der Waals surface area contributed by atoms with Crippen molar-refractivity contribution < 1.29 is 19.1 Å². The third-order valence-electron chi connectivity index (χ3n) is 6.13. The Bertz CT molecular complexity index is 604. The van der Waals surface area contributed by atoms with Gasteiger partial charge in [-0.3, -0.25) is 19.3 Å². The van der Waals surface area contributed by atoms with Crippen LogP contribution in [0.3, 0.4) is 0 Å². The lowest BCUT2D eigenvalue weighted by Crippen LogP contribution is -2.42. The Balaban J connectivity index is 0.00000407. The first-order chi connectivity index (χ1) is 13.8. The van der Waals surface area contributed by atoms with Gasteiger partial charge in [0.05, 0.1) is 12.0 Å². The number of imide groups is 1. The van der Waals surface area contributed by atoms with Crippen LogP contribution >= 0.6 is 0 Å². The summed E-state index contributed by atoms with van der Waals surface area (Å²) in [4.78, 5) is 38.1. The highest BCUT2D eigenvalue weighted by Gasteiger charge is 2.45. The first kappa shape index (κ1) is 28.4. The van der Waals surface area contributed by atoms with Crippen molar-refractivity contribution in [2.75, 3.05) is 13.2 Å². The highest BCUT2D eigenvalue weighted by molar-refractivity contribution is 6.18. The van der Waals surface area contributed by atoms with E-state index in [4.69, 9.17) is 4.74 Å². The van der Waals surface area contributed by atoms with E-state index in [0.29, 0.717) is 30.2 Å². The molecule has 5 nitrogen and oxygen atoms in total. The predicted octanol–water partition coefficient (Wildman–Crippen LogP) is 5.92. The van der Waals surface area contributed by atoms with E-state index in [9.17, 15) is 14.4 Å². The van der Waals surface area contributed by atoms with Crippen LogP contribution in [0.1, 0.15) is 101 Å². The number of nitrogens with zero attached hydrogens (tertiary/aromatic N) is 1. The maximum Gasteiger partial charge on any atom is 0.312 e. The molecule has 1 rings (SSSR count). The summed E-state index contributed by atoms with van der Waals surface area (Å²) in [7, 11) is 0. The lowest BCUT2D eigenvalue weighted by atomic mass is 9.64. The molecule has 0 aromatic rings. The average Bonchev–Trinajstić information content (AvgIpc) is 2.84. The van der Waals surface area contributed by atoms with Crippen LogP contribution in [0.25, 0.3) is 0 Å². The van der Waals surface area contributed by atoms with Crippen LogP contribution in [-0.2, 0) is 19.1 Å². The number of carbonyl (C=O) groups is 3. The SMILES string of the molecule is CC.CC1=C(C)C(=O)N(CCCCCCOC(=O)C(C)(CC(C)C)C(C)(C)C)C1=O. The molecule has 1 aliphatic rings. The lowest BCUT2D eigenvalue weighted by molar-refractivity contribution is -0.163. The van der Waals surface area contributed by atoms with Gasteiger partial charge in [-0.05, 0) is 57.8 Å². The van der Waals surface area contributed by atoms with E-state index in [1.165, 1.54) is 4.90 Å². The van der Waals surface area contributed by atoms with Gasteiger partial charge in [-0.25, -0.2) is 0 Å². The molecule has 30 heavy (non-hydrogen) atoms. The summed E-state index contributed by atoms with van der Waals surface area (Å²) in [5.41, 5.74) is 0.453. The molecule has 0 aliphatic carbocycles. The van der Waals surface area contributed by atoms with Gasteiger partial charge in [-0.2, -0.15) is 0 Å². The van der Waals surface area contributed by atoms with E-state index >= 15 is 0 Å². The second-order valence-electron chi connectivity index (χ2n) is 9.74. The summed E-state index contributed by atoms with van der Waals surface area (Å²) < 4.78 is 5.61. The maximum atomic E-state index is 12.7. The van der Waals surface area contributed by atoms with Gasteiger partial charge >= 0.3 is 5.97 Å². The Morgan fingerprint density at radius 2 is 1.37 bits per heavy atom. The van der Waals surface area contributed by atoms with Crippen molar-refractivity contribution in [2.24, 2.45) is 16.7 Å². The molecule has 0 N–H and O–H groups in total. The van der Waals surface area contributed by atoms with Crippen LogP contribution in [0.5, 0.6) is 0 Å². The Morgan fingerprint density at radius 3 is 1.80 bits per heavy atom. The number of carbonyl (C=O) groups excluding carboxylic acids is 3. The van der Waals surface area contributed by atoms with E-state index in [-0.39, 0.29) is 23.2 Å². The molecule has 0 aromatic carbocycles. The molecule has 0 aromatic heterocycles. The number of esters is 1. The van der Waals surface area contributed by atoms with E-state index in [0.717, 1.165) is 32.1 Å². The van der Waals surface area contributed by atoms with Crippen LogP contribution in [0.15, 0.2) is 11.1 Å². The van der Waals surface area contributed by atoms with Crippen LogP contribution < -0.4 is 0 Å². The zero-order chi connectivity index (χ0) is 23.7. The molecule has 0 fully saturated rings. The molecule has 1 aliphatic heterocycles. The van der Waals surface area contributed by atoms with Crippen molar-refractivity contribution in [2.45, 2.75) is 101 Å². The number of ether oxygens (including phenoxy) is 1. The molecule has 0 saturated heterocycles. The molecule has 2 amide bonds. The van der Waals surface area contributed by atoms with Gasteiger partial charge in [0, 0.05) is 17.7 Å². The van der Waals surface area contributed by atoms with Crippen LogP contribution in [0.2, 0.25) is 0 Å². The monoisotopic (exact) mass is 423 g/mol. The number of hydrogen-bond donors (Lipinski definition) is 0. The van der Waals surface area contributed by atoms with Crippen molar-refractivity contribution in [1.29, 1.82) is 0 Å². The van der Waals surface area contributed by atoms with Gasteiger partial charge in [-0.15, -0.1) is 0 Å². The fraction of sp³-hybridized carbons (Fsp3) is 0.800. The summed E-state index contributed by atoms with van der Waals surface area (Å²) in [6.07, 6.45) is 4.19. The fourth-order valence-corrected chi connectivity index (χ4v) is 3.58. The number of unbranched alkanes of at least 4 members (excludes halogenated alkanes) is 3. The Kier molecular flexibility index (Phi) is 11.6. The topological polar surface area (TPSA) is 63.7 Å². The molecule has 1 atom stereocenters. The van der Waals surface area contributed by atoms with Gasteiger partial charge in [0.25, 0.3) is 11.8 Å². The molecule has 0 bridgehead atoms. The minimum absolute atomic E-state index is 0.112. The molecule has 5 heteroatoms. The summed E-state index contributed by atoms with van der Waals surface area (Å²) in [6.45, 7) is 20.8. The molecule has 1 heterocycles. The van der Waals surface area contributed by atoms with Gasteiger partial charge < -0.3 is 4.74 Å². The zero-order valence-electron chi connectivity index (χ0n) is 21.1. The normalized spacial score (nSPS) is 16.6. The smallest absolute Gasteiger partial charge is 0.312 e. The second kappa shape index (κ2) is 12.3. The minimum Gasteiger partial charge on any atom is -0.465 e. The molecular formula is C25H45NO4. The summed E-state index contributed by atoms with van der Waals surface area (Å²) >= 11 is 0. The van der Waals surface area contributed by atoms with Crippen molar-refractivity contribution in [3.8, 4) is 0 Å². The summed E-state index contributed by atoms with van der Waals surface area (Å²) in [6, 6.07) is 0. The van der Waals surface area contributed by atoms with Gasteiger partial charge in [0.2, 0.25) is 0 Å². The quantitative estimate of drug-likeness (QED) is 0.248. The first-order valence-corrected chi connectivity index (χ1v) is 11.5. The predicted molar refractivity (Wildman–Crippen MR) is 123 cm³/mol. The van der Waals surface area contributed by atoms with Gasteiger partial charge in [-0.1, -0.05) is 54.9 Å². The Morgan fingerprint density at radius 1 is 0.900 bits per heavy atom. The van der Waals surface area contributed by atoms with Crippen molar-refractivity contribution in [3.05, 3.63) is 11.1 Å². The third kappa shape index (κ3) is 7.24. The van der Waals surface area contributed by atoms with E-state index in [2.05, 4.69) is 34.6 Å². The van der Waals surface area contributed by atoms with E-state index < -0.39 is 5.41 Å². The largest absolute Gasteiger partial charge is 0.465 e. The standard InChI is InChI=1S/C23H39NO4.C2H6/c1-16(2)15-23(8,22(5,6)7)21(27)28-14-12-10-9-11-13-24-19(25)17(3)18(4)20(24)26;1-2/h16H,9-15H2,1-8H3;1-2H3. The molecule has 1 unspecified atom stereocenters. The molecule has 0 radical (unpaired) electrons. The Hall–Kier alpha value is -1.65. The average molecular weight is 424 g/mol. The minimum atomic E-state index is -0.500. The van der Waals surface area contributed by atoms with Gasteiger partial charge in [0.1, 0.15) is 0 Å². The van der Waals surface area contributed by atoms with Crippen LogP contribution in [-0.4, -0.2) is 35.8 Å². The zero-order valence-corrected chi connectivity index (χ0v) is 21.1. The van der Waals surface area contributed by atoms with Crippen LogP contribution in [0, 0.1) is 16.7 Å². The number of hydrogen-bond acceptors (Lipinski definition) is 4. The van der Waals surface area contributed by atoms with Gasteiger partial charge in [0.15, 0.2) is 0 Å². The van der Waals surface area contributed by atoms with Crippen molar-refractivity contribution >= 4 is 17.8 Å². The highest BCUT2D eigenvalue weighted by atomic mass is 16.5. The number of rotatable bonds is 10. The number of amides is 2. The second-order valence-corrected chi connectivity index (χ2v) is 9.74. The maximum absolute atomic E-state index is 12.7. The molecule has 0 saturated carbocycles. The van der Waals surface area contributed by atoms with Crippen LogP contribution in [0.4, 0.5) is 0 Å². The van der Waals surface area contributed by atoms with E-state index in [1.807, 2.05) is 20.8 Å². The van der Waals surface area contributed by atoms with Crippen molar-refractivity contribution in [3.63, 3.8) is 0 Å². The molecule has 174 valence electrons. The van der Waals surface area contributed by atoms with E-state index in [1.54, 1.807) is 13.8 Å². The fourth-order valence-electron chi connectivity index (χ4n) is 3.58. The lowest BCUT2D eigenvalue weighted by Gasteiger charge is -2.40. The molecule has 0 spiro atoms. The van der Waals surface area contributed by atoms with Crippen molar-refractivity contribution in [1.82, 2.24) is 4.90 Å². The highest BCUT2D eigenvalue weighted by Crippen LogP contribution is 2.44. The first-order valence-electron chi connectivity index (χ1n) is 11.5. The molecular weight excluding hydrogens is 378 g/mol. The third-order valence-corrected chi connectivity index (χ3v) is 6.13. The Labute approximate surface area is 184 Å².